The van der Waals surface area contributed by atoms with Crippen molar-refractivity contribution in [3.8, 4) is 0 Å². The minimum Gasteiger partial charge on any atom is -0.302 e. The summed E-state index contributed by atoms with van der Waals surface area (Å²) in [5.41, 5.74) is 2.31. The fraction of sp³-hybridized carbons (Fsp3) is 0.364. The Morgan fingerprint density at radius 3 is 2.00 bits per heavy atom. The van der Waals surface area contributed by atoms with Crippen molar-refractivity contribution in [1.82, 2.24) is 0 Å². The van der Waals surface area contributed by atoms with E-state index in [1.165, 1.54) is 5.56 Å². The summed E-state index contributed by atoms with van der Waals surface area (Å²) in [4.78, 5) is 10.3. The summed E-state index contributed by atoms with van der Waals surface area (Å²) >= 11 is 3.28. The first-order valence-electron chi connectivity index (χ1n) is 4.34. The minimum atomic E-state index is -0.172. The molecule has 1 nitrogen and oxygen atoms in total. The number of alkyl halides is 1. The number of benzene rings is 1. The maximum absolute atomic E-state index is 10.5. The van der Waals surface area contributed by atoms with Gasteiger partial charge in [-0.15, -0.1) is 0 Å². The van der Waals surface area contributed by atoms with Gasteiger partial charge in [0.1, 0.15) is 6.29 Å². The normalized spacial score (nSPS) is 12.9. The molecule has 1 aromatic carbocycles. The molecule has 0 heterocycles. The third-order valence-electron chi connectivity index (χ3n) is 2.04. The smallest absolute Gasteiger partial charge is 0.138 e. The summed E-state index contributed by atoms with van der Waals surface area (Å²) in [5, 5.41) is 0. The van der Waals surface area contributed by atoms with Crippen LogP contribution in [0.2, 0.25) is 0 Å². The van der Waals surface area contributed by atoms with E-state index in [1.54, 1.807) is 0 Å². The molecule has 0 aliphatic heterocycles. The van der Waals surface area contributed by atoms with E-state index in [4.69, 9.17) is 0 Å². The van der Waals surface area contributed by atoms with Gasteiger partial charge in [0.05, 0.1) is 4.83 Å². The molecule has 0 saturated heterocycles. The Labute approximate surface area is 87.3 Å². The van der Waals surface area contributed by atoms with Gasteiger partial charge >= 0.3 is 0 Å². The number of hydrogen-bond donors (Lipinski definition) is 0. The van der Waals surface area contributed by atoms with Crippen molar-refractivity contribution in [3.05, 3.63) is 35.4 Å². The predicted octanol–water partition coefficient (Wildman–Crippen LogP) is 3.44. The number of aldehydes is 1. The molecule has 0 amide bonds. The third kappa shape index (κ3) is 2.66. The van der Waals surface area contributed by atoms with Crippen LogP contribution in [0.3, 0.4) is 0 Å². The van der Waals surface area contributed by atoms with Gasteiger partial charge in [-0.25, -0.2) is 0 Å². The van der Waals surface area contributed by atoms with Crippen LogP contribution >= 0.6 is 15.9 Å². The first kappa shape index (κ1) is 10.5. The van der Waals surface area contributed by atoms with E-state index >= 15 is 0 Å². The van der Waals surface area contributed by atoms with Gasteiger partial charge in [0.15, 0.2) is 0 Å². The standard InChI is InChI=1S/C11H13BrO/c1-8(2)9-3-5-10(6-4-9)11(12)7-13/h3-8,11H,1-2H3. The molecule has 13 heavy (non-hydrogen) atoms. The molecule has 70 valence electrons. The highest BCUT2D eigenvalue weighted by Crippen LogP contribution is 2.22. The van der Waals surface area contributed by atoms with Crippen molar-refractivity contribution in [1.29, 1.82) is 0 Å². The molecule has 0 spiro atoms. The highest BCUT2D eigenvalue weighted by molar-refractivity contribution is 9.09. The molecule has 0 aliphatic rings. The molecule has 0 aromatic heterocycles. The van der Waals surface area contributed by atoms with Crippen LogP contribution in [0.5, 0.6) is 0 Å². The molecule has 0 radical (unpaired) electrons. The lowest BCUT2D eigenvalue weighted by Crippen LogP contribution is -1.92. The summed E-state index contributed by atoms with van der Waals surface area (Å²) in [6.07, 6.45) is 0.893. The summed E-state index contributed by atoms with van der Waals surface area (Å²) in [6.45, 7) is 4.31. The average Bonchev–Trinajstić information content (AvgIpc) is 2.17. The zero-order valence-electron chi connectivity index (χ0n) is 7.83. The maximum atomic E-state index is 10.5. The van der Waals surface area contributed by atoms with Crippen molar-refractivity contribution in [3.63, 3.8) is 0 Å². The minimum absolute atomic E-state index is 0.172. The summed E-state index contributed by atoms with van der Waals surface area (Å²) in [7, 11) is 0. The number of carbonyl (C=O) groups excluding carboxylic acids is 1. The van der Waals surface area contributed by atoms with Crippen molar-refractivity contribution in [2.24, 2.45) is 0 Å². The zero-order chi connectivity index (χ0) is 9.84. The van der Waals surface area contributed by atoms with Gasteiger partial charge in [0, 0.05) is 0 Å². The van der Waals surface area contributed by atoms with Crippen molar-refractivity contribution < 1.29 is 4.79 Å². The quantitative estimate of drug-likeness (QED) is 0.585. The van der Waals surface area contributed by atoms with Gasteiger partial charge in [0.2, 0.25) is 0 Å². The molecule has 2 heteroatoms. The Kier molecular flexibility index (Phi) is 3.67. The molecule has 0 fully saturated rings. The Morgan fingerprint density at radius 2 is 1.62 bits per heavy atom. The molecule has 1 unspecified atom stereocenters. The van der Waals surface area contributed by atoms with Gasteiger partial charge in [-0.3, -0.25) is 0 Å². The predicted molar refractivity (Wildman–Crippen MR) is 58.3 cm³/mol. The molecule has 0 aliphatic carbocycles. The summed E-state index contributed by atoms with van der Waals surface area (Å²) in [6, 6.07) is 8.11. The molecule has 0 N–H and O–H groups in total. The second-order valence-corrected chi connectivity index (χ2v) is 4.35. The van der Waals surface area contributed by atoms with Gasteiger partial charge in [-0.1, -0.05) is 54.0 Å². The third-order valence-corrected chi connectivity index (χ3v) is 2.79. The molecule has 0 saturated carbocycles. The van der Waals surface area contributed by atoms with E-state index < -0.39 is 0 Å². The molecular weight excluding hydrogens is 228 g/mol. The monoisotopic (exact) mass is 240 g/mol. The van der Waals surface area contributed by atoms with Gasteiger partial charge in [0.25, 0.3) is 0 Å². The Hall–Kier alpha value is -0.630. The summed E-state index contributed by atoms with van der Waals surface area (Å²) in [5.74, 6) is 0.541. The van der Waals surface area contributed by atoms with E-state index in [-0.39, 0.29) is 4.83 Å². The van der Waals surface area contributed by atoms with E-state index in [9.17, 15) is 4.79 Å². The van der Waals surface area contributed by atoms with E-state index in [1.807, 2.05) is 12.1 Å². The number of hydrogen-bond acceptors (Lipinski definition) is 1. The first-order chi connectivity index (χ1) is 6.15. The van der Waals surface area contributed by atoms with Crippen molar-refractivity contribution in [2.45, 2.75) is 24.6 Å². The van der Waals surface area contributed by atoms with E-state index in [0.717, 1.165) is 11.8 Å². The topological polar surface area (TPSA) is 17.1 Å². The largest absolute Gasteiger partial charge is 0.302 e. The molecule has 1 rings (SSSR count). The van der Waals surface area contributed by atoms with E-state index in [2.05, 4.69) is 41.9 Å². The molecule has 0 bridgehead atoms. The molecule has 1 atom stereocenters. The van der Waals surface area contributed by atoms with Crippen LogP contribution in [-0.4, -0.2) is 6.29 Å². The lowest BCUT2D eigenvalue weighted by Gasteiger charge is -2.07. The van der Waals surface area contributed by atoms with Gasteiger partial charge < -0.3 is 4.79 Å². The first-order valence-corrected chi connectivity index (χ1v) is 5.26. The van der Waals surface area contributed by atoms with Crippen LogP contribution in [0.25, 0.3) is 0 Å². The Balaban J connectivity index is 2.87. The van der Waals surface area contributed by atoms with E-state index in [0.29, 0.717) is 5.92 Å². The highest BCUT2D eigenvalue weighted by Gasteiger charge is 2.05. The highest BCUT2D eigenvalue weighted by atomic mass is 79.9. The molecular formula is C11H13BrO. The van der Waals surface area contributed by atoms with Crippen molar-refractivity contribution in [2.75, 3.05) is 0 Å². The summed E-state index contributed by atoms with van der Waals surface area (Å²) < 4.78 is 0. The fourth-order valence-electron chi connectivity index (χ4n) is 1.14. The second-order valence-electron chi connectivity index (χ2n) is 3.36. The van der Waals surface area contributed by atoms with Crippen LogP contribution in [0.15, 0.2) is 24.3 Å². The molecule has 1 aromatic rings. The van der Waals surface area contributed by atoms with Gasteiger partial charge in [-0.2, -0.15) is 0 Å². The fourth-order valence-corrected chi connectivity index (χ4v) is 1.45. The lowest BCUT2D eigenvalue weighted by atomic mass is 10.0. The SMILES string of the molecule is CC(C)c1ccc(C(Br)C=O)cc1. The van der Waals surface area contributed by atoms with Crippen LogP contribution < -0.4 is 0 Å². The van der Waals surface area contributed by atoms with Crippen LogP contribution in [-0.2, 0) is 4.79 Å². The van der Waals surface area contributed by atoms with Crippen LogP contribution in [0.1, 0.15) is 35.7 Å². The lowest BCUT2D eigenvalue weighted by molar-refractivity contribution is -0.107. The van der Waals surface area contributed by atoms with Crippen molar-refractivity contribution >= 4 is 22.2 Å². The van der Waals surface area contributed by atoms with Crippen LogP contribution in [0.4, 0.5) is 0 Å². The number of halogens is 1. The maximum Gasteiger partial charge on any atom is 0.138 e. The van der Waals surface area contributed by atoms with Crippen LogP contribution in [0, 0.1) is 0 Å². The number of carbonyl (C=O) groups is 1. The Bertz CT molecular complexity index is 277. The second kappa shape index (κ2) is 4.56. The zero-order valence-corrected chi connectivity index (χ0v) is 9.41. The average molecular weight is 241 g/mol. The number of rotatable bonds is 3. The Morgan fingerprint density at radius 1 is 1.15 bits per heavy atom. The van der Waals surface area contributed by atoms with Gasteiger partial charge in [-0.05, 0) is 17.0 Å².